The van der Waals surface area contributed by atoms with Crippen molar-refractivity contribution in [2.24, 2.45) is 11.3 Å². The highest BCUT2D eigenvalue weighted by molar-refractivity contribution is 6.20. The third kappa shape index (κ3) is 3.25. The zero-order chi connectivity index (χ0) is 25.2. The first-order chi connectivity index (χ1) is 17.3. The van der Waals surface area contributed by atoms with E-state index in [1.807, 2.05) is 31.2 Å². The molecule has 0 bridgehead atoms. The molecule has 4 heterocycles. The second-order valence-corrected chi connectivity index (χ2v) is 10.6. The number of hydrogen-bond donors (Lipinski definition) is 0. The Hall–Kier alpha value is -3.74. The van der Waals surface area contributed by atoms with Crippen molar-refractivity contribution in [3.8, 4) is 0 Å². The van der Waals surface area contributed by atoms with E-state index in [2.05, 4.69) is 35.2 Å². The number of pyridine rings is 1. The molecule has 1 spiro atoms. The van der Waals surface area contributed by atoms with Crippen LogP contribution in [0, 0.1) is 18.3 Å². The fourth-order valence-electron chi connectivity index (χ4n) is 6.54. The number of aryl methyl sites for hydroxylation is 1. The fraction of sp³-hybridized carbons (Fsp3) is 0.379. The molecule has 2 saturated heterocycles. The molecule has 0 saturated carbocycles. The third-order valence-corrected chi connectivity index (χ3v) is 8.36. The van der Waals surface area contributed by atoms with Gasteiger partial charge < -0.3 is 4.90 Å². The van der Waals surface area contributed by atoms with Gasteiger partial charge in [0.05, 0.1) is 11.6 Å². The molecule has 0 N–H and O–H groups in total. The molecule has 184 valence electrons. The van der Waals surface area contributed by atoms with Crippen LogP contribution in [0.25, 0.3) is 10.9 Å². The van der Waals surface area contributed by atoms with E-state index in [0.717, 1.165) is 50.5 Å². The summed E-state index contributed by atoms with van der Waals surface area (Å²) in [4.78, 5) is 50.0. The molecular formula is C29H30N4O3. The molecule has 2 fully saturated rings. The van der Waals surface area contributed by atoms with Gasteiger partial charge in [0.15, 0.2) is 5.41 Å². The number of rotatable bonds is 2. The van der Waals surface area contributed by atoms with Gasteiger partial charge in [-0.05, 0) is 61.4 Å². The average Bonchev–Trinajstić information content (AvgIpc) is 2.89. The minimum Gasteiger partial charge on any atom is -0.352 e. The number of anilines is 1. The topological polar surface area (TPSA) is 73.8 Å². The highest BCUT2D eigenvalue weighted by Gasteiger charge is 2.64. The van der Waals surface area contributed by atoms with Crippen LogP contribution in [0.4, 0.5) is 10.6 Å². The standard InChI is InChI=1S/C29H30N4O3/c1-18-9-10-23-21(13-18)16-22-17-29(26(34)31(2)28(36)32(3)27(29)35)24-15-20(11-12-33(24)25(22)30-23)14-19-7-5-4-6-8-19/h4-10,13,16,20,24H,11-12,14-15,17H2,1-3H3/t20-,24+/m0/s1. The molecule has 1 aromatic heterocycles. The Kier molecular flexibility index (Phi) is 5.14. The molecule has 0 unspecified atom stereocenters. The summed E-state index contributed by atoms with van der Waals surface area (Å²) in [6, 6.07) is 17.7. The van der Waals surface area contributed by atoms with Gasteiger partial charge in [-0.3, -0.25) is 19.4 Å². The van der Waals surface area contributed by atoms with Crippen molar-refractivity contribution in [2.75, 3.05) is 25.5 Å². The van der Waals surface area contributed by atoms with E-state index in [4.69, 9.17) is 4.98 Å². The number of hydrogen-bond acceptors (Lipinski definition) is 5. The van der Waals surface area contributed by atoms with Crippen LogP contribution in [0.2, 0.25) is 0 Å². The molecule has 2 aromatic carbocycles. The quantitative estimate of drug-likeness (QED) is 0.517. The first-order valence-corrected chi connectivity index (χ1v) is 12.6. The first kappa shape index (κ1) is 22.7. The Morgan fingerprint density at radius 3 is 2.42 bits per heavy atom. The van der Waals surface area contributed by atoms with Crippen LogP contribution in [0.3, 0.4) is 0 Å². The summed E-state index contributed by atoms with van der Waals surface area (Å²) in [7, 11) is 2.98. The van der Waals surface area contributed by atoms with Crippen molar-refractivity contribution in [2.45, 2.75) is 38.6 Å². The van der Waals surface area contributed by atoms with Crippen LogP contribution in [-0.4, -0.2) is 59.3 Å². The van der Waals surface area contributed by atoms with Gasteiger partial charge in [0.2, 0.25) is 11.8 Å². The van der Waals surface area contributed by atoms with Gasteiger partial charge in [0.1, 0.15) is 5.82 Å². The maximum absolute atomic E-state index is 13.9. The van der Waals surface area contributed by atoms with Gasteiger partial charge in [0.25, 0.3) is 0 Å². The number of barbiturate groups is 1. The Bertz CT molecular complexity index is 1380. The number of imide groups is 2. The van der Waals surface area contributed by atoms with Crippen molar-refractivity contribution in [1.29, 1.82) is 0 Å². The zero-order valence-corrected chi connectivity index (χ0v) is 20.9. The van der Waals surface area contributed by atoms with Crippen molar-refractivity contribution >= 4 is 34.6 Å². The molecule has 3 aliphatic heterocycles. The van der Waals surface area contributed by atoms with Gasteiger partial charge >= 0.3 is 6.03 Å². The minimum atomic E-state index is -1.35. The number of piperidine rings is 1. The van der Waals surface area contributed by atoms with E-state index in [1.54, 1.807) is 0 Å². The predicted octanol–water partition coefficient (Wildman–Crippen LogP) is 3.96. The van der Waals surface area contributed by atoms with E-state index in [1.165, 1.54) is 19.7 Å². The summed E-state index contributed by atoms with van der Waals surface area (Å²) in [6.07, 6.45) is 2.78. The molecule has 0 radical (unpaired) electrons. The number of benzene rings is 2. The van der Waals surface area contributed by atoms with Crippen molar-refractivity contribution < 1.29 is 14.4 Å². The summed E-state index contributed by atoms with van der Waals surface area (Å²) < 4.78 is 0. The lowest BCUT2D eigenvalue weighted by atomic mass is 9.64. The van der Waals surface area contributed by atoms with E-state index < -0.39 is 23.3 Å². The molecular weight excluding hydrogens is 452 g/mol. The average molecular weight is 483 g/mol. The highest BCUT2D eigenvalue weighted by atomic mass is 16.2. The summed E-state index contributed by atoms with van der Waals surface area (Å²) in [5.41, 5.74) is 2.84. The van der Waals surface area contributed by atoms with Crippen molar-refractivity contribution in [1.82, 2.24) is 14.8 Å². The van der Waals surface area contributed by atoms with E-state index >= 15 is 0 Å². The minimum absolute atomic E-state index is 0.248. The van der Waals surface area contributed by atoms with E-state index in [0.29, 0.717) is 18.9 Å². The van der Waals surface area contributed by atoms with Gasteiger partial charge in [-0.25, -0.2) is 9.78 Å². The molecule has 2 atom stereocenters. The number of carbonyl (C=O) groups excluding carboxylic acids is 3. The highest BCUT2D eigenvalue weighted by Crippen LogP contribution is 2.49. The molecule has 36 heavy (non-hydrogen) atoms. The number of urea groups is 1. The monoisotopic (exact) mass is 482 g/mol. The number of aromatic nitrogens is 1. The molecule has 7 heteroatoms. The smallest absolute Gasteiger partial charge is 0.332 e. The van der Waals surface area contributed by atoms with E-state index in [-0.39, 0.29) is 12.5 Å². The third-order valence-electron chi connectivity index (χ3n) is 8.36. The molecule has 7 nitrogen and oxygen atoms in total. The number of fused-ring (bicyclic) bond motifs is 5. The van der Waals surface area contributed by atoms with Crippen molar-refractivity contribution in [3.05, 3.63) is 71.3 Å². The number of nitrogens with zero attached hydrogens (tertiary/aromatic N) is 4. The maximum atomic E-state index is 13.9. The van der Waals surface area contributed by atoms with Crippen LogP contribution >= 0.6 is 0 Å². The second kappa shape index (κ2) is 8.15. The molecule has 0 aliphatic carbocycles. The van der Waals surface area contributed by atoms with Gasteiger partial charge in [-0.15, -0.1) is 0 Å². The summed E-state index contributed by atoms with van der Waals surface area (Å²) >= 11 is 0. The van der Waals surface area contributed by atoms with Crippen LogP contribution in [0.1, 0.15) is 29.5 Å². The predicted molar refractivity (Wildman–Crippen MR) is 138 cm³/mol. The summed E-state index contributed by atoms with van der Waals surface area (Å²) in [5, 5.41) is 0.995. The fourth-order valence-corrected chi connectivity index (χ4v) is 6.54. The maximum Gasteiger partial charge on any atom is 0.332 e. The van der Waals surface area contributed by atoms with Crippen LogP contribution in [0.5, 0.6) is 0 Å². The Morgan fingerprint density at radius 2 is 1.69 bits per heavy atom. The van der Waals surface area contributed by atoms with Gasteiger partial charge in [-0.1, -0.05) is 42.0 Å². The number of carbonyl (C=O) groups is 3. The molecule has 3 aromatic rings. The molecule has 3 aliphatic rings. The van der Waals surface area contributed by atoms with E-state index in [9.17, 15) is 14.4 Å². The van der Waals surface area contributed by atoms with Crippen LogP contribution in [0.15, 0.2) is 54.6 Å². The van der Waals surface area contributed by atoms with Crippen LogP contribution < -0.4 is 4.90 Å². The lowest BCUT2D eigenvalue weighted by Crippen LogP contribution is -2.72. The van der Waals surface area contributed by atoms with Gasteiger partial charge in [0, 0.05) is 32.4 Å². The SMILES string of the molecule is Cc1ccc2nc3c(cc2c1)CC1(C(=O)N(C)C(=O)N(C)C1=O)[C@H]1C[C@H](Cc2ccccc2)CCN31. The lowest BCUT2D eigenvalue weighted by Gasteiger charge is -2.55. The largest absolute Gasteiger partial charge is 0.352 e. The Morgan fingerprint density at radius 1 is 0.972 bits per heavy atom. The Balaban J connectivity index is 1.49. The summed E-state index contributed by atoms with van der Waals surface area (Å²) in [6.45, 7) is 2.75. The van der Waals surface area contributed by atoms with Crippen molar-refractivity contribution in [3.63, 3.8) is 0 Å². The molecule has 6 rings (SSSR count). The normalized spacial score (nSPS) is 23.3. The second-order valence-electron chi connectivity index (χ2n) is 10.6. The Labute approximate surface area is 210 Å². The zero-order valence-electron chi connectivity index (χ0n) is 20.9. The number of amides is 4. The van der Waals surface area contributed by atoms with Crippen LogP contribution in [-0.2, 0) is 22.4 Å². The first-order valence-electron chi connectivity index (χ1n) is 12.6. The van der Waals surface area contributed by atoms with Gasteiger partial charge in [-0.2, -0.15) is 0 Å². The molecule has 4 amide bonds. The lowest BCUT2D eigenvalue weighted by molar-refractivity contribution is -0.160. The summed E-state index contributed by atoms with van der Waals surface area (Å²) in [5.74, 6) is 0.383.